The normalized spacial score (nSPS) is 15.7. The summed E-state index contributed by atoms with van der Waals surface area (Å²) in [6.07, 6.45) is 5.85. The molecule has 2 aliphatic heterocycles. The summed E-state index contributed by atoms with van der Waals surface area (Å²) in [4.78, 5) is 48.6. The molecular weight excluding hydrogens is 1050 g/mol. The number of nitrogens with zero attached hydrogens (tertiary/aromatic N) is 4. The summed E-state index contributed by atoms with van der Waals surface area (Å²) in [6, 6.07) is 22.5. The van der Waals surface area contributed by atoms with E-state index in [4.69, 9.17) is 103 Å². The van der Waals surface area contributed by atoms with Crippen molar-refractivity contribution in [3.63, 3.8) is 0 Å². The quantitative estimate of drug-likeness (QED) is 0.0891. The van der Waals surface area contributed by atoms with Gasteiger partial charge in [-0.15, -0.1) is 11.8 Å². The van der Waals surface area contributed by atoms with Crippen molar-refractivity contribution in [1.29, 1.82) is 0 Å². The Morgan fingerprint density at radius 1 is 0.691 bits per heavy atom. The molecular formula is C48H45Cl8N7O4S. The molecule has 5 aromatic rings. The Balaban J connectivity index is 0.000000224. The molecule has 3 N–H and O–H groups in total. The molecule has 5 aromatic carbocycles. The number of ether oxygens (including phenoxy) is 1. The molecule has 2 aliphatic rings. The van der Waals surface area contributed by atoms with E-state index < -0.39 is 5.25 Å². The van der Waals surface area contributed by atoms with Gasteiger partial charge in [-0.1, -0.05) is 138 Å². The Labute approximate surface area is 439 Å². The number of anilines is 3. The van der Waals surface area contributed by atoms with Gasteiger partial charge in [-0.25, -0.2) is 20.0 Å². The Hall–Kier alpha value is -4.08. The number of aliphatic imine (C=N–C) groups is 2. The molecule has 0 spiro atoms. The molecule has 2 saturated heterocycles. The van der Waals surface area contributed by atoms with Crippen molar-refractivity contribution in [2.24, 2.45) is 9.98 Å². The number of carbonyl (C=O) groups is 3. The second kappa shape index (κ2) is 24.7. The number of carbonyl (C=O) groups excluding carboxylic acids is 3. The molecule has 2 fully saturated rings. The summed E-state index contributed by atoms with van der Waals surface area (Å²) in [5.41, 5.74) is 10.2. The van der Waals surface area contributed by atoms with E-state index in [0.717, 1.165) is 35.3 Å². The van der Waals surface area contributed by atoms with E-state index in [1.807, 2.05) is 51.1 Å². The first-order valence-corrected chi connectivity index (χ1v) is 25.3. The maximum Gasteiger partial charge on any atom is 0.267 e. The van der Waals surface area contributed by atoms with Crippen LogP contribution in [0.2, 0.25) is 40.2 Å². The van der Waals surface area contributed by atoms with E-state index >= 15 is 0 Å². The number of nitrogens with one attached hydrogen (secondary N) is 3. The topological polar surface area (TPSA) is 128 Å². The second-order valence-corrected chi connectivity index (χ2v) is 20.0. The third-order valence-corrected chi connectivity index (χ3v) is 13.6. The number of hydrogen-bond acceptors (Lipinski definition) is 7. The number of amidine groups is 2. The van der Waals surface area contributed by atoms with Crippen molar-refractivity contribution >= 4 is 162 Å². The average Bonchev–Trinajstić information content (AvgIpc) is 3.77. The number of benzene rings is 5. The van der Waals surface area contributed by atoms with Crippen molar-refractivity contribution in [2.45, 2.75) is 82.8 Å². The molecule has 20 heteroatoms. The number of halogens is 8. The van der Waals surface area contributed by atoms with Crippen LogP contribution in [0.3, 0.4) is 0 Å². The molecule has 0 radical (unpaired) electrons. The van der Waals surface area contributed by atoms with Crippen LogP contribution in [0.5, 0.6) is 5.75 Å². The minimum absolute atomic E-state index is 0.0000398. The fourth-order valence-corrected chi connectivity index (χ4v) is 10.4. The lowest BCUT2D eigenvalue weighted by Gasteiger charge is -2.19. The number of amides is 3. The number of rotatable bonds is 15. The highest BCUT2D eigenvalue weighted by molar-refractivity contribution is 8.01. The van der Waals surface area contributed by atoms with Gasteiger partial charge in [-0.05, 0) is 105 Å². The van der Waals surface area contributed by atoms with E-state index in [2.05, 4.69) is 28.1 Å². The predicted molar refractivity (Wildman–Crippen MR) is 285 cm³/mol. The van der Waals surface area contributed by atoms with Crippen LogP contribution in [-0.4, -0.2) is 41.2 Å². The predicted octanol–water partition coefficient (Wildman–Crippen LogP) is 15.6. The zero-order chi connectivity index (χ0) is 49.2. The lowest BCUT2D eigenvalue weighted by Crippen LogP contribution is -2.36. The molecule has 7 rings (SSSR count). The SMILES string of the molecule is CCCCCCCC(=O)Nc1ccc(Cl)c(N=C2CC(=O)N(c3c(Cl)cc(Cl)cc3Cl)N2)c1.CCOc1ccc(C)cc1SC1C(=O)N(c2c(Cl)cc(Cl)cc2Cl)NC1=Nc1cc(C)ccc1Cl. The summed E-state index contributed by atoms with van der Waals surface area (Å²) in [5, 5.41) is 7.17. The molecule has 1 atom stereocenters. The van der Waals surface area contributed by atoms with E-state index in [-0.39, 0.29) is 44.2 Å². The van der Waals surface area contributed by atoms with Crippen LogP contribution in [0, 0.1) is 13.8 Å². The van der Waals surface area contributed by atoms with Gasteiger partial charge in [-0.2, -0.15) is 0 Å². The molecule has 0 saturated carbocycles. The third kappa shape index (κ3) is 13.8. The Morgan fingerprint density at radius 3 is 1.90 bits per heavy atom. The van der Waals surface area contributed by atoms with Crippen LogP contribution in [0.1, 0.15) is 69.9 Å². The fourth-order valence-electron chi connectivity index (χ4n) is 6.89. The summed E-state index contributed by atoms with van der Waals surface area (Å²) in [6.45, 7) is 8.49. The van der Waals surface area contributed by atoms with Crippen LogP contribution in [0.15, 0.2) is 93.7 Å². The van der Waals surface area contributed by atoms with Crippen LogP contribution in [-0.2, 0) is 14.4 Å². The summed E-state index contributed by atoms with van der Waals surface area (Å²) < 4.78 is 5.80. The van der Waals surface area contributed by atoms with Crippen molar-refractivity contribution in [2.75, 3.05) is 21.9 Å². The number of hydrazine groups is 2. The standard InChI is InChI=1S/C25H21Cl4N3O2S.C23H24Cl4N4O2/c1-4-34-20-8-6-14(3)10-21(20)35-23-24(30-19-9-13(2)5-7-16(19)27)31-32(25(23)33)22-17(28)11-15(26)12-18(22)29;1-2-3-4-5-6-7-21(32)28-15-8-9-16(25)19(12-15)29-20-13-22(33)31(30-20)23-17(26)10-14(24)11-18(23)27/h5-12,23H,4H2,1-3H3,(H,30,31);8-12H,2-7,13H2,1H3,(H,28,32)(H,29,30). The minimum atomic E-state index is -0.740. The highest BCUT2D eigenvalue weighted by Crippen LogP contribution is 2.42. The molecule has 358 valence electrons. The fraction of sp³-hybridized carbons (Fsp3) is 0.271. The van der Waals surface area contributed by atoms with Gasteiger partial charge in [0.1, 0.15) is 34.0 Å². The van der Waals surface area contributed by atoms with Crippen LogP contribution < -0.4 is 30.9 Å². The van der Waals surface area contributed by atoms with Crippen molar-refractivity contribution in [3.8, 4) is 5.75 Å². The van der Waals surface area contributed by atoms with Gasteiger partial charge >= 0.3 is 0 Å². The number of hydrogen-bond donors (Lipinski definition) is 3. The lowest BCUT2D eigenvalue weighted by atomic mass is 10.1. The smallest absolute Gasteiger partial charge is 0.267 e. The first-order valence-electron chi connectivity index (χ1n) is 21.4. The van der Waals surface area contributed by atoms with Gasteiger partial charge < -0.3 is 10.1 Å². The molecule has 11 nitrogen and oxygen atoms in total. The molecule has 1 unspecified atom stereocenters. The van der Waals surface area contributed by atoms with Gasteiger partial charge in [0.2, 0.25) is 5.91 Å². The highest BCUT2D eigenvalue weighted by atomic mass is 35.5. The van der Waals surface area contributed by atoms with Gasteiger partial charge in [0.05, 0.1) is 59.4 Å². The molecule has 3 amide bonds. The highest BCUT2D eigenvalue weighted by Gasteiger charge is 2.41. The molecule has 0 aliphatic carbocycles. The minimum Gasteiger partial charge on any atom is -0.493 e. The third-order valence-electron chi connectivity index (χ3n) is 10.1. The Kier molecular flexibility index (Phi) is 19.3. The monoisotopic (exact) mass is 1100 g/mol. The van der Waals surface area contributed by atoms with Gasteiger partial charge in [0.15, 0.2) is 0 Å². The first-order chi connectivity index (χ1) is 32.5. The molecule has 68 heavy (non-hydrogen) atoms. The van der Waals surface area contributed by atoms with E-state index in [1.165, 1.54) is 58.9 Å². The number of thioether (sulfide) groups is 1. The van der Waals surface area contributed by atoms with E-state index in [0.29, 0.717) is 79.0 Å². The average molecular weight is 1100 g/mol. The van der Waals surface area contributed by atoms with E-state index in [1.54, 1.807) is 24.3 Å². The van der Waals surface area contributed by atoms with Crippen molar-refractivity contribution in [3.05, 3.63) is 130 Å². The van der Waals surface area contributed by atoms with Crippen molar-refractivity contribution < 1.29 is 19.1 Å². The zero-order valence-electron chi connectivity index (χ0n) is 37.1. The molecule has 2 heterocycles. The van der Waals surface area contributed by atoms with Crippen LogP contribution >= 0.6 is 105 Å². The maximum absolute atomic E-state index is 13.7. The summed E-state index contributed by atoms with van der Waals surface area (Å²) in [7, 11) is 0. The molecule has 0 aromatic heterocycles. The zero-order valence-corrected chi connectivity index (χ0v) is 44.0. The van der Waals surface area contributed by atoms with Gasteiger partial charge in [-0.3, -0.25) is 25.2 Å². The van der Waals surface area contributed by atoms with E-state index in [9.17, 15) is 14.4 Å². The van der Waals surface area contributed by atoms with Crippen LogP contribution in [0.4, 0.5) is 28.4 Å². The van der Waals surface area contributed by atoms with Crippen LogP contribution in [0.25, 0.3) is 0 Å². The number of aryl methyl sites for hydroxylation is 2. The largest absolute Gasteiger partial charge is 0.493 e. The van der Waals surface area contributed by atoms with Gasteiger partial charge in [0.25, 0.3) is 11.8 Å². The maximum atomic E-state index is 13.7. The van der Waals surface area contributed by atoms with Crippen molar-refractivity contribution in [1.82, 2.24) is 10.9 Å². The summed E-state index contributed by atoms with van der Waals surface area (Å²) >= 11 is 51.4. The second-order valence-electron chi connectivity index (χ2n) is 15.5. The Morgan fingerprint density at radius 2 is 1.26 bits per heavy atom. The Bertz CT molecular complexity index is 2730. The molecule has 0 bridgehead atoms. The summed E-state index contributed by atoms with van der Waals surface area (Å²) in [5.74, 6) is 0.794. The van der Waals surface area contributed by atoms with Gasteiger partial charge in [0, 0.05) is 22.2 Å². The first kappa shape index (κ1) is 53.3. The lowest BCUT2D eigenvalue weighted by molar-refractivity contribution is -0.117. The number of unbranched alkanes of at least 4 members (excludes halogenated alkanes) is 4.